The molecule has 0 rings (SSSR count). The van der Waals surface area contributed by atoms with Crippen LogP contribution in [0.25, 0.3) is 0 Å². The van der Waals surface area contributed by atoms with Gasteiger partial charge in [-0.1, -0.05) is 18.7 Å². The number of rotatable bonds is 7. The van der Waals surface area contributed by atoms with Gasteiger partial charge in [0, 0.05) is 25.0 Å². The van der Waals surface area contributed by atoms with Crippen LogP contribution in [0.5, 0.6) is 0 Å². The molecule has 0 atom stereocenters. The van der Waals surface area contributed by atoms with Gasteiger partial charge in [0.05, 0.1) is 0 Å². The molecule has 0 aromatic carbocycles. The molecule has 0 unspecified atom stereocenters. The highest BCUT2D eigenvalue weighted by Crippen LogP contribution is 2.22. The van der Waals surface area contributed by atoms with Gasteiger partial charge in [0.25, 0.3) is 0 Å². The van der Waals surface area contributed by atoms with E-state index in [2.05, 4.69) is 19.7 Å². The molecule has 0 fully saturated rings. The summed E-state index contributed by atoms with van der Waals surface area (Å²) in [7, 11) is 0. The summed E-state index contributed by atoms with van der Waals surface area (Å²) in [5, 5.41) is 0. The maximum Gasteiger partial charge on any atom is 0.333 e. The van der Waals surface area contributed by atoms with Crippen molar-refractivity contribution in [3.63, 3.8) is 0 Å². The van der Waals surface area contributed by atoms with Gasteiger partial charge in [-0.05, 0) is 6.92 Å². The minimum Gasteiger partial charge on any atom is -0.454 e. The number of esters is 1. The summed E-state index contributed by atoms with van der Waals surface area (Å²) in [6.45, 7) is 12.6. The summed E-state index contributed by atoms with van der Waals surface area (Å²) in [4.78, 5) is 11.4. The molecule has 0 aliphatic rings. The minimum atomic E-state index is -0.723. The number of nitrogens with two attached hydrogens (primary N) is 1. The highest BCUT2D eigenvalue weighted by atomic mass is 16.6. The predicted molar refractivity (Wildman–Crippen MR) is 62.3 cm³/mol. The fourth-order valence-corrected chi connectivity index (χ4v) is 1.18. The molecule has 0 aliphatic heterocycles. The highest BCUT2D eigenvalue weighted by molar-refractivity contribution is 5.87. The molecule has 84 valence electrons. The van der Waals surface area contributed by atoms with Gasteiger partial charge in [0.15, 0.2) is 0 Å². The lowest BCUT2D eigenvalue weighted by Crippen LogP contribution is -2.42. The first kappa shape index (κ1) is 13.7. The second kappa shape index (κ2) is 6.19. The lowest BCUT2D eigenvalue weighted by molar-refractivity contribution is -0.153. The zero-order valence-electron chi connectivity index (χ0n) is 9.29. The van der Waals surface area contributed by atoms with Crippen LogP contribution in [0.1, 0.15) is 19.8 Å². The molecule has 0 saturated carbocycles. The number of hydrogen-bond acceptors (Lipinski definition) is 3. The standard InChI is InChI=1S/C12H19NO2/c1-5-7-12(9-13,8-6-2)15-11(14)10(3)4/h5-6H,1-3,7-9,13H2,4H3. The first-order chi connectivity index (χ1) is 7.01. The molecule has 0 aliphatic carbocycles. The second-order valence-electron chi connectivity index (χ2n) is 3.54. The van der Waals surface area contributed by atoms with Gasteiger partial charge < -0.3 is 10.5 Å². The molecule has 0 saturated heterocycles. The van der Waals surface area contributed by atoms with Crippen LogP contribution in [0.2, 0.25) is 0 Å². The maximum absolute atomic E-state index is 11.4. The average molecular weight is 209 g/mol. The van der Waals surface area contributed by atoms with Crippen molar-refractivity contribution in [3.05, 3.63) is 37.5 Å². The van der Waals surface area contributed by atoms with E-state index in [9.17, 15) is 4.79 Å². The van der Waals surface area contributed by atoms with Crippen molar-refractivity contribution < 1.29 is 9.53 Å². The molecule has 0 spiro atoms. The summed E-state index contributed by atoms with van der Waals surface area (Å²) >= 11 is 0. The van der Waals surface area contributed by atoms with E-state index in [1.165, 1.54) is 0 Å². The third kappa shape index (κ3) is 4.13. The molecule has 0 radical (unpaired) electrons. The van der Waals surface area contributed by atoms with Crippen molar-refractivity contribution in [2.24, 2.45) is 5.73 Å². The summed E-state index contributed by atoms with van der Waals surface area (Å²) in [5.41, 5.74) is 5.27. The van der Waals surface area contributed by atoms with Crippen LogP contribution in [0.15, 0.2) is 37.5 Å². The van der Waals surface area contributed by atoms with Gasteiger partial charge >= 0.3 is 5.97 Å². The third-order valence-electron chi connectivity index (χ3n) is 2.06. The Bertz CT molecular complexity index is 259. The predicted octanol–water partition coefficient (Wildman–Crippen LogP) is 1.96. The summed E-state index contributed by atoms with van der Waals surface area (Å²) in [6, 6.07) is 0. The smallest absolute Gasteiger partial charge is 0.333 e. The first-order valence-corrected chi connectivity index (χ1v) is 4.82. The van der Waals surface area contributed by atoms with Crippen molar-refractivity contribution in [1.82, 2.24) is 0 Å². The summed E-state index contributed by atoms with van der Waals surface area (Å²) < 4.78 is 5.32. The van der Waals surface area contributed by atoms with E-state index in [1.807, 2.05) is 0 Å². The van der Waals surface area contributed by atoms with E-state index >= 15 is 0 Å². The molecule has 3 nitrogen and oxygen atoms in total. The van der Waals surface area contributed by atoms with E-state index in [0.717, 1.165) is 0 Å². The molecule has 0 aromatic rings. The fourth-order valence-electron chi connectivity index (χ4n) is 1.18. The summed E-state index contributed by atoms with van der Waals surface area (Å²) in [5.74, 6) is -0.427. The Balaban J connectivity index is 4.73. The molecule has 3 heteroatoms. The van der Waals surface area contributed by atoms with Crippen molar-refractivity contribution in [2.45, 2.75) is 25.4 Å². The van der Waals surface area contributed by atoms with Gasteiger partial charge in [-0.2, -0.15) is 0 Å². The SMILES string of the molecule is C=CCC(CN)(CC=C)OC(=O)C(=C)C. The molecule has 0 amide bonds. The van der Waals surface area contributed by atoms with Gasteiger partial charge in [-0.25, -0.2) is 4.79 Å². The van der Waals surface area contributed by atoms with Crippen LogP contribution >= 0.6 is 0 Å². The van der Waals surface area contributed by atoms with Crippen molar-refractivity contribution in [2.75, 3.05) is 6.54 Å². The third-order valence-corrected chi connectivity index (χ3v) is 2.06. The monoisotopic (exact) mass is 209 g/mol. The Kier molecular flexibility index (Phi) is 5.64. The molecular weight excluding hydrogens is 190 g/mol. The molecule has 0 bridgehead atoms. The maximum atomic E-state index is 11.4. The van der Waals surface area contributed by atoms with Gasteiger partial charge in [0.1, 0.15) is 5.60 Å². The topological polar surface area (TPSA) is 52.3 Å². The lowest BCUT2D eigenvalue weighted by atomic mass is 9.95. The van der Waals surface area contributed by atoms with Gasteiger partial charge in [-0.3, -0.25) is 0 Å². The van der Waals surface area contributed by atoms with Crippen LogP contribution in [0.4, 0.5) is 0 Å². The minimum absolute atomic E-state index is 0.240. The Hall–Kier alpha value is -1.35. The van der Waals surface area contributed by atoms with Crippen LogP contribution < -0.4 is 5.73 Å². The number of hydrogen-bond donors (Lipinski definition) is 1. The largest absolute Gasteiger partial charge is 0.454 e. The van der Waals surface area contributed by atoms with Gasteiger partial charge in [0.2, 0.25) is 0 Å². The number of ether oxygens (including phenoxy) is 1. The van der Waals surface area contributed by atoms with Crippen molar-refractivity contribution >= 4 is 5.97 Å². The molecular formula is C12H19NO2. The fraction of sp³-hybridized carbons (Fsp3) is 0.417. The van der Waals surface area contributed by atoms with Crippen molar-refractivity contribution in [3.8, 4) is 0 Å². The summed E-state index contributed by atoms with van der Waals surface area (Å²) in [6.07, 6.45) is 4.38. The Morgan fingerprint density at radius 1 is 1.40 bits per heavy atom. The number of carbonyl (C=O) groups excluding carboxylic acids is 1. The normalized spacial score (nSPS) is 10.5. The quantitative estimate of drug-likeness (QED) is 0.396. The van der Waals surface area contributed by atoms with Crippen LogP contribution in [-0.4, -0.2) is 18.1 Å². The highest BCUT2D eigenvalue weighted by Gasteiger charge is 2.30. The first-order valence-electron chi connectivity index (χ1n) is 4.82. The average Bonchev–Trinajstić information content (AvgIpc) is 2.18. The molecule has 2 N–H and O–H groups in total. The van der Waals surface area contributed by atoms with E-state index in [-0.39, 0.29) is 6.54 Å². The van der Waals surface area contributed by atoms with Crippen LogP contribution in [0, 0.1) is 0 Å². The van der Waals surface area contributed by atoms with E-state index in [0.29, 0.717) is 18.4 Å². The van der Waals surface area contributed by atoms with Gasteiger partial charge in [-0.15, -0.1) is 13.2 Å². The van der Waals surface area contributed by atoms with E-state index in [4.69, 9.17) is 10.5 Å². The second-order valence-corrected chi connectivity index (χ2v) is 3.54. The van der Waals surface area contributed by atoms with E-state index in [1.54, 1.807) is 19.1 Å². The molecule has 15 heavy (non-hydrogen) atoms. The zero-order chi connectivity index (χ0) is 11.9. The van der Waals surface area contributed by atoms with Crippen molar-refractivity contribution in [1.29, 1.82) is 0 Å². The number of carbonyl (C=O) groups is 1. The molecule has 0 heterocycles. The molecule has 0 aromatic heterocycles. The van der Waals surface area contributed by atoms with Crippen LogP contribution in [-0.2, 0) is 9.53 Å². The lowest BCUT2D eigenvalue weighted by Gasteiger charge is -2.30. The van der Waals surface area contributed by atoms with E-state index < -0.39 is 11.6 Å². The Labute approximate surface area is 91.3 Å². The zero-order valence-corrected chi connectivity index (χ0v) is 9.29. The Morgan fingerprint density at radius 3 is 2.13 bits per heavy atom. The Morgan fingerprint density at radius 2 is 1.87 bits per heavy atom. The van der Waals surface area contributed by atoms with Crippen LogP contribution in [0.3, 0.4) is 0 Å².